The fourth-order valence-corrected chi connectivity index (χ4v) is 4.81. The number of piperidine rings is 1. The van der Waals surface area contributed by atoms with Gasteiger partial charge in [0.1, 0.15) is 12.0 Å². The highest BCUT2D eigenvalue weighted by molar-refractivity contribution is 5.85. The van der Waals surface area contributed by atoms with E-state index >= 15 is 0 Å². The first-order chi connectivity index (χ1) is 15.7. The topological polar surface area (TPSA) is 108 Å². The maximum atomic E-state index is 12.0. The third-order valence-electron chi connectivity index (χ3n) is 7.31. The summed E-state index contributed by atoms with van der Waals surface area (Å²) in [6.07, 6.45) is 0.946. The van der Waals surface area contributed by atoms with E-state index in [4.69, 9.17) is 0 Å². The Labute approximate surface area is 215 Å². The summed E-state index contributed by atoms with van der Waals surface area (Å²) >= 11 is 0. The minimum Gasteiger partial charge on any atom is -0.508 e. The van der Waals surface area contributed by atoms with E-state index in [1.807, 2.05) is 30.3 Å². The van der Waals surface area contributed by atoms with Gasteiger partial charge in [-0.05, 0) is 54.0 Å². The van der Waals surface area contributed by atoms with E-state index in [2.05, 4.69) is 42.3 Å². The standard InChI is InChI=1S/C27H39N3O3.ClH.H2O/c1-20-18-30(14-13-27(20,2)23-11-8-12-24(31)16-23)19-22(15-21-9-6-5-7-10-21)26(33)28-17-25(32)29(3)4;;/h5-12,16,20,22,26,28,31,33H,13-15,17-19H2,1-4H3;1H;1H2. The molecule has 1 amide bonds. The smallest absolute Gasteiger partial charge is 0.236 e. The Hall–Kier alpha value is -2.16. The van der Waals surface area contributed by atoms with Gasteiger partial charge in [0.25, 0.3) is 0 Å². The highest BCUT2D eigenvalue weighted by Crippen LogP contribution is 2.40. The number of amides is 1. The zero-order valence-corrected chi connectivity index (χ0v) is 22.1. The molecule has 0 spiro atoms. The van der Waals surface area contributed by atoms with Gasteiger partial charge in [0.05, 0.1) is 6.54 Å². The average molecular weight is 508 g/mol. The molecule has 5 N–H and O–H groups in total. The van der Waals surface area contributed by atoms with Crippen molar-refractivity contribution in [3.8, 4) is 5.75 Å². The first kappa shape index (κ1) is 30.9. The number of nitrogens with one attached hydrogen (secondary N) is 1. The van der Waals surface area contributed by atoms with Crippen LogP contribution in [0.15, 0.2) is 54.6 Å². The number of phenolic OH excluding ortho intramolecular Hbond substituents is 1. The number of aliphatic hydroxyl groups excluding tert-OH is 1. The maximum Gasteiger partial charge on any atom is 0.236 e. The summed E-state index contributed by atoms with van der Waals surface area (Å²) in [5, 5.41) is 24.0. The van der Waals surface area contributed by atoms with Crippen molar-refractivity contribution in [2.24, 2.45) is 11.8 Å². The van der Waals surface area contributed by atoms with Crippen LogP contribution in [0, 0.1) is 11.8 Å². The van der Waals surface area contributed by atoms with E-state index in [1.165, 1.54) is 16.0 Å². The van der Waals surface area contributed by atoms with Crippen LogP contribution in [0.2, 0.25) is 0 Å². The second-order valence-electron chi connectivity index (χ2n) is 9.94. The van der Waals surface area contributed by atoms with E-state index < -0.39 is 6.23 Å². The molecular formula is C27H42ClN3O4. The van der Waals surface area contributed by atoms with Crippen LogP contribution < -0.4 is 5.32 Å². The second-order valence-corrected chi connectivity index (χ2v) is 9.94. The van der Waals surface area contributed by atoms with Gasteiger partial charge in [-0.15, -0.1) is 12.4 Å². The van der Waals surface area contributed by atoms with Crippen molar-refractivity contribution in [3.05, 3.63) is 65.7 Å². The monoisotopic (exact) mass is 507 g/mol. The number of aliphatic hydroxyl groups is 1. The van der Waals surface area contributed by atoms with Crippen molar-refractivity contribution < 1.29 is 20.5 Å². The highest BCUT2D eigenvalue weighted by Gasteiger charge is 2.39. The summed E-state index contributed by atoms with van der Waals surface area (Å²) in [7, 11) is 3.44. The van der Waals surface area contributed by atoms with E-state index in [-0.39, 0.29) is 41.7 Å². The van der Waals surface area contributed by atoms with Gasteiger partial charge in [-0.1, -0.05) is 56.3 Å². The summed E-state index contributed by atoms with van der Waals surface area (Å²) in [5.41, 5.74) is 2.36. The Kier molecular flexibility index (Phi) is 12.2. The molecule has 7 nitrogen and oxygen atoms in total. The number of aromatic hydroxyl groups is 1. The number of halogens is 1. The molecule has 3 rings (SSSR count). The van der Waals surface area contributed by atoms with Gasteiger partial charge in [0, 0.05) is 33.1 Å². The zero-order valence-electron chi connectivity index (χ0n) is 21.3. The quantitative estimate of drug-likeness (QED) is 0.452. The molecule has 1 fully saturated rings. The Bertz CT molecular complexity index is 914. The average Bonchev–Trinajstić information content (AvgIpc) is 2.79. The molecule has 4 unspecified atom stereocenters. The molecule has 2 aromatic carbocycles. The molecule has 1 heterocycles. The molecule has 196 valence electrons. The predicted molar refractivity (Wildman–Crippen MR) is 143 cm³/mol. The number of carbonyl (C=O) groups excluding carboxylic acids is 1. The third kappa shape index (κ3) is 8.19. The predicted octanol–water partition coefficient (Wildman–Crippen LogP) is 2.44. The molecule has 8 heteroatoms. The van der Waals surface area contributed by atoms with Crippen molar-refractivity contribution in [2.75, 3.05) is 40.3 Å². The molecule has 1 aliphatic rings. The Balaban J connectivity index is 0.00000306. The minimum atomic E-state index is -0.774. The number of hydrogen-bond acceptors (Lipinski definition) is 5. The molecule has 0 aliphatic carbocycles. The maximum absolute atomic E-state index is 12.0. The fraction of sp³-hybridized carbons (Fsp3) is 0.519. The van der Waals surface area contributed by atoms with Crippen LogP contribution in [-0.2, 0) is 16.6 Å². The number of hydrogen-bond donors (Lipinski definition) is 3. The molecule has 0 aromatic heterocycles. The molecule has 1 aliphatic heterocycles. The third-order valence-corrected chi connectivity index (χ3v) is 7.31. The molecule has 4 atom stereocenters. The number of nitrogens with zero attached hydrogens (tertiary/aromatic N) is 2. The van der Waals surface area contributed by atoms with Gasteiger partial charge in [-0.25, -0.2) is 0 Å². The van der Waals surface area contributed by atoms with Crippen LogP contribution in [0.3, 0.4) is 0 Å². The summed E-state index contributed by atoms with van der Waals surface area (Å²) in [5.74, 6) is 0.610. The lowest BCUT2D eigenvalue weighted by molar-refractivity contribution is -0.128. The molecule has 0 radical (unpaired) electrons. The fourth-order valence-electron chi connectivity index (χ4n) is 4.81. The number of phenols is 1. The largest absolute Gasteiger partial charge is 0.508 e. The number of rotatable bonds is 9. The number of benzene rings is 2. The molecular weight excluding hydrogens is 466 g/mol. The van der Waals surface area contributed by atoms with Gasteiger partial charge >= 0.3 is 0 Å². The van der Waals surface area contributed by atoms with Crippen molar-refractivity contribution in [3.63, 3.8) is 0 Å². The van der Waals surface area contributed by atoms with Crippen molar-refractivity contribution >= 4 is 18.3 Å². The molecule has 2 aromatic rings. The highest BCUT2D eigenvalue weighted by atomic mass is 35.5. The van der Waals surface area contributed by atoms with Crippen LogP contribution in [0.25, 0.3) is 0 Å². The van der Waals surface area contributed by atoms with Gasteiger partial charge < -0.3 is 25.5 Å². The molecule has 35 heavy (non-hydrogen) atoms. The van der Waals surface area contributed by atoms with Crippen LogP contribution in [-0.4, -0.2) is 77.9 Å². The van der Waals surface area contributed by atoms with Crippen molar-refractivity contribution in [1.29, 1.82) is 0 Å². The van der Waals surface area contributed by atoms with Gasteiger partial charge in [0.15, 0.2) is 0 Å². The minimum absolute atomic E-state index is 0. The first-order valence-corrected chi connectivity index (χ1v) is 11.9. The van der Waals surface area contributed by atoms with Crippen LogP contribution >= 0.6 is 12.4 Å². The van der Waals surface area contributed by atoms with Crippen molar-refractivity contribution in [1.82, 2.24) is 15.1 Å². The number of likely N-dealkylation sites (tertiary alicyclic amines) is 1. The number of likely N-dealkylation sites (N-methyl/N-ethyl adjacent to an activating group) is 1. The normalized spacial score (nSPS) is 21.8. The van der Waals surface area contributed by atoms with Crippen molar-refractivity contribution in [2.45, 2.75) is 38.3 Å². The van der Waals surface area contributed by atoms with E-state index in [9.17, 15) is 15.0 Å². The van der Waals surface area contributed by atoms with E-state index in [0.717, 1.165) is 32.5 Å². The summed E-state index contributed by atoms with van der Waals surface area (Å²) < 4.78 is 0. The molecule has 0 saturated carbocycles. The van der Waals surface area contributed by atoms with Gasteiger partial charge in [0.2, 0.25) is 5.91 Å². The summed E-state index contributed by atoms with van der Waals surface area (Å²) in [6.45, 7) is 7.26. The zero-order chi connectivity index (χ0) is 24.0. The van der Waals surface area contributed by atoms with Crippen LogP contribution in [0.1, 0.15) is 31.4 Å². The molecule has 1 saturated heterocycles. The first-order valence-electron chi connectivity index (χ1n) is 11.9. The van der Waals surface area contributed by atoms with Crippen LogP contribution in [0.5, 0.6) is 5.75 Å². The lowest BCUT2D eigenvalue weighted by atomic mass is 9.68. The second kappa shape index (κ2) is 13.8. The van der Waals surface area contributed by atoms with Crippen LogP contribution in [0.4, 0.5) is 0 Å². The molecule has 0 bridgehead atoms. The summed E-state index contributed by atoms with van der Waals surface area (Å²) in [4.78, 5) is 16.0. The SMILES string of the molecule is CC1CN(CC(Cc2ccccc2)C(O)NCC(=O)N(C)C)CCC1(C)c1cccc(O)c1.Cl.O. The van der Waals surface area contributed by atoms with E-state index in [1.54, 1.807) is 20.2 Å². The lowest BCUT2D eigenvalue weighted by Gasteiger charge is -2.46. The Morgan fingerprint density at radius 3 is 2.49 bits per heavy atom. The lowest BCUT2D eigenvalue weighted by Crippen LogP contribution is -2.51. The van der Waals surface area contributed by atoms with Gasteiger partial charge in [-0.3, -0.25) is 10.1 Å². The summed E-state index contributed by atoms with van der Waals surface area (Å²) in [6, 6.07) is 17.8. The Morgan fingerprint density at radius 1 is 1.20 bits per heavy atom. The Morgan fingerprint density at radius 2 is 1.89 bits per heavy atom. The van der Waals surface area contributed by atoms with Gasteiger partial charge in [-0.2, -0.15) is 0 Å². The van der Waals surface area contributed by atoms with E-state index in [0.29, 0.717) is 11.7 Å². The number of carbonyl (C=O) groups is 1.